The first-order valence-corrected chi connectivity index (χ1v) is 5.98. The van der Waals surface area contributed by atoms with Crippen LogP contribution in [0.25, 0.3) is 0 Å². The summed E-state index contributed by atoms with van der Waals surface area (Å²) >= 11 is 3.42. The molecule has 0 bridgehead atoms. The van der Waals surface area contributed by atoms with Crippen LogP contribution in [-0.2, 0) is 0 Å². The summed E-state index contributed by atoms with van der Waals surface area (Å²) < 4.78 is 7.47. The predicted octanol–water partition coefficient (Wildman–Crippen LogP) is 2.87. The molecule has 1 unspecified atom stereocenters. The Labute approximate surface area is 93.6 Å². The number of rotatable bonds is 5. The topological polar surface area (TPSA) is 27.1 Å². The van der Waals surface area contributed by atoms with Gasteiger partial charge in [-0.15, -0.1) is 0 Å². The molecule has 1 rings (SSSR count). The molecular formula is C10H17BrN2O. The Bertz CT molecular complexity index is 273. The first-order chi connectivity index (χ1) is 6.63. The molecule has 1 aromatic rings. The fourth-order valence-corrected chi connectivity index (χ4v) is 1.15. The Balaban J connectivity index is 2.44. The summed E-state index contributed by atoms with van der Waals surface area (Å²) in [5.41, 5.74) is 0. The van der Waals surface area contributed by atoms with Gasteiger partial charge in [-0.2, -0.15) is 5.10 Å². The third-order valence-electron chi connectivity index (χ3n) is 1.90. The van der Waals surface area contributed by atoms with Crippen molar-refractivity contribution in [1.82, 2.24) is 9.78 Å². The van der Waals surface area contributed by atoms with E-state index in [-0.39, 0.29) is 0 Å². The number of aromatic nitrogens is 2. The molecule has 80 valence electrons. The highest BCUT2D eigenvalue weighted by Gasteiger charge is 2.04. The van der Waals surface area contributed by atoms with E-state index in [4.69, 9.17) is 4.74 Å². The first-order valence-electron chi connectivity index (χ1n) is 4.86. The fourth-order valence-electron chi connectivity index (χ4n) is 0.961. The lowest BCUT2D eigenvalue weighted by atomic mass is 10.2. The lowest BCUT2D eigenvalue weighted by Crippen LogP contribution is -2.09. The zero-order valence-electron chi connectivity index (χ0n) is 8.90. The second kappa shape index (κ2) is 5.39. The summed E-state index contributed by atoms with van der Waals surface area (Å²) in [6.07, 6.45) is 3.70. The minimum Gasteiger partial charge on any atom is -0.490 e. The number of alkyl halides is 1. The van der Waals surface area contributed by atoms with Crippen molar-refractivity contribution >= 4 is 15.9 Å². The van der Waals surface area contributed by atoms with Crippen LogP contribution in [0.15, 0.2) is 12.4 Å². The van der Waals surface area contributed by atoms with Crippen molar-refractivity contribution in [3.8, 4) is 5.75 Å². The van der Waals surface area contributed by atoms with E-state index in [2.05, 4.69) is 41.8 Å². The summed E-state index contributed by atoms with van der Waals surface area (Å²) in [7, 11) is 0. The highest BCUT2D eigenvalue weighted by molar-refractivity contribution is 9.09. The lowest BCUT2D eigenvalue weighted by Gasteiger charge is -2.08. The van der Waals surface area contributed by atoms with Gasteiger partial charge in [-0.05, 0) is 19.8 Å². The Morgan fingerprint density at radius 1 is 1.50 bits per heavy atom. The number of hydrogen-bond donors (Lipinski definition) is 0. The average Bonchev–Trinajstić information content (AvgIpc) is 2.62. The maximum absolute atomic E-state index is 5.58. The molecule has 0 amide bonds. The molecule has 0 saturated heterocycles. The van der Waals surface area contributed by atoms with Gasteiger partial charge < -0.3 is 4.74 Å². The lowest BCUT2D eigenvalue weighted by molar-refractivity contribution is 0.273. The minimum atomic E-state index is 0.390. The minimum absolute atomic E-state index is 0.390. The molecule has 14 heavy (non-hydrogen) atoms. The normalized spacial score (nSPS) is 13.2. The SMILES string of the molecule is CC(CBr)COc1cnn(C(C)C)c1. The van der Waals surface area contributed by atoms with Crippen molar-refractivity contribution in [3.05, 3.63) is 12.4 Å². The Kier molecular flexibility index (Phi) is 4.45. The summed E-state index contributed by atoms with van der Waals surface area (Å²) in [6.45, 7) is 7.06. The van der Waals surface area contributed by atoms with Gasteiger partial charge in [-0.25, -0.2) is 0 Å². The molecule has 0 aliphatic heterocycles. The van der Waals surface area contributed by atoms with Crippen LogP contribution in [0.5, 0.6) is 5.75 Å². The number of ether oxygens (including phenoxy) is 1. The zero-order chi connectivity index (χ0) is 10.6. The van der Waals surface area contributed by atoms with Gasteiger partial charge in [0.2, 0.25) is 0 Å². The maximum atomic E-state index is 5.58. The second-order valence-electron chi connectivity index (χ2n) is 3.82. The molecule has 0 aromatic carbocycles. The van der Waals surface area contributed by atoms with Crippen molar-refractivity contribution in [2.75, 3.05) is 11.9 Å². The number of halogens is 1. The van der Waals surface area contributed by atoms with Crippen LogP contribution >= 0.6 is 15.9 Å². The average molecular weight is 261 g/mol. The molecule has 1 atom stereocenters. The van der Waals surface area contributed by atoms with Crippen LogP contribution in [0, 0.1) is 5.92 Å². The molecule has 0 aliphatic carbocycles. The number of nitrogens with zero attached hydrogens (tertiary/aromatic N) is 2. The quantitative estimate of drug-likeness (QED) is 0.762. The van der Waals surface area contributed by atoms with Crippen molar-refractivity contribution in [2.24, 2.45) is 5.92 Å². The maximum Gasteiger partial charge on any atom is 0.157 e. The van der Waals surface area contributed by atoms with Gasteiger partial charge in [0.05, 0.1) is 19.0 Å². The fraction of sp³-hybridized carbons (Fsp3) is 0.700. The van der Waals surface area contributed by atoms with Crippen LogP contribution < -0.4 is 4.74 Å². The van der Waals surface area contributed by atoms with Gasteiger partial charge in [0.25, 0.3) is 0 Å². The Morgan fingerprint density at radius 2 is 2.21 bits per heavy atom. The van der Waals surface area contributed by atoms with E-state index in [9.17, 15) is 0 Å². The number of hydrogen-bond acceptors (Lipinski definition) is 2. The van der Waals surface area contributed by atoms with Crippen molar-refractivity contribution in [1.29, 1.82) is 0 Å². The van der Waals surface area contributed by atoms with Crippen LogP contribution in [0.3, 0.4) is 0 Å². The van der Waals surface area contributed by atoms with Crippen LogP contribution in [0.1, 0.15) is 26.8 Å². The van der Waals surface area contributed by atoms with E-state index in [0.29, 0.717) is 12.0 Å². The molecule has 0 aliphatic rings. The largest absolute Gasteiger partial charge is 0.490 e. The van der Waals surface area contributed by atoms with Gasteiger partial charge in [0.1, 0.15) is 0 Å². The van der Waals surface area contributed by atoms with Gasteiger partial charge >= 0.3 is 0 Å². The molecule has 3 nitrogen and oxygen atoms in total. The Morgan fingerprint density at radius 3 is 2.71 bits per heavy atom. The third-order valence-corrected chi connectivity index (χ3v) is 3.01. The van der Waals surface area contributed by atoms with E-state index in [1.807, 2.05) is 10.9 Å². The summed E-state index contributed by atoms with van der Waals surface area (Å²) in [4.78, 5) is 0. The highest BCUT2D eigenvalue weighted by Crippen LogP contribution is 2.13. The monoisotopic (exact) mass is 260 g/mol. The molecule has 0 spiro atoms. The van der Waals surface area contributed by atoms with E-state index < -0.39 is 0 Å². The molecular weight excluding hydrogens is 244 g/mol. The second-order valence-corrected chi connectivity index (χ2v) is 4.47. The van der Waals surface area contributed by atoms with E-state index >= 15 is 0 Å². The van der Waals surface area contributed by atoms with Crippen molar-refractivity contribution in [3.63, 3.8) is 0 Å². The van der Waals surface area contributed by atoms with Crippen LogP contribution in [0.4, 0.5) is 0 Å². The van der Waals surface area contributed by atoms with Crippen molar-refractivity contribution < 1.29 is 4.74 Å². The molecule has 0 fully saturated rings. The predicted molar refractivity (Wildman–Crippen MR) is 61.1 cm³/mol. The van der Waals surface area contributed by atoms with Gasteiger partial charge in [-0.3, -0.25) is 4.68 Å². The summed E-state index contributed by atoms with van der Waals surface area (Å²) in [5, 5.41) is 5.16. The molecule has 1 heterocycles. The van der Waals surface area contributed by atoms with E-state index in [1.54, 1.807) is 6.20 Å². The van der Waals surface area contributed by atoms with E-state index in [0.717, 1.165) is 17.7 Å². The molecule has 0 radical (unpaired) electrons. The van der Waals surface area contributed by atoms with Crippen molar-refractivity contribution in [2.45, 2.75) is 26.8 Å². The van der Waals surface area contributed by atoms with Crippen LogP contribution in [-0.4, -0.2) is 21.7 Å². The summed E-state index contributed by atoms with van der Waals surface area (Å²) in [5.74, 6) is 1.38. The van der Waals surface area contributed by atoms with Gasteiger partial charge in [-0.1, -0.05) is 22.9 Å². The van der Waals surface area contributed by atoms with Gasteiger partial charge in [0.15, 0.2) is 5.75 Å². The molecule has 1 aromatic heterocycles. The smallest absolute Gasteiger partial charge is 0.157 e. The molecule has 4 heteroatoms. The van der Waals surface area contributed by atoms with Crippen LogP contribution in [0.2, 0.25) is 0 Å². The molecule has 0 saturated carbocycles. The first kappa shape index (κ1) is 11.6. The Hall–Kier alpha value is -0.510. The highest BCUT2D eigenvalue weighted by atomic mass is 79.9. The standard InChI is InChI=1S/C10H17BrN2O/c1-8(2)13-6-10(5-12-13)14-7-9(3)4-11/h5-6,8-9H,4,7H2,1-3H3. The summed E-state index contributed by atoms with van der Waals surface area (Å²) in [6, 6.07) is 0.390. The van der Waals surface area contributed by atoms with E-state index in [1.165, 1.54) is 0 Å². The third kappa shape index (κ3) is 3.33. The van der Waals surface area contributed by atoms with Gasteiger partial charge in [0, 0.05) is 11.4 Å². The zero-order valence-corrected chi connectivity index (χ0v) is 10.5. The molecule has 0 N–H and O–H groups in total.